The van der Waals surface area contributed by atoms with Gasteiger partial charge >= 0.3 is 5.97 Å². The average molecular weight is 531 g/mol. The molecule has 5 rings (SSSR count). The van der Waals surface area contributed by atoms with E-state index < -0.39 is 5.97 Å². The van der Waals surface area contributed by atoms with Gasteiger partial charge in [0.05, 0.1) is 13.5 Å². The maximum absolute atomic E-state index is 15.1. The summed E-state index contributed by atoms with van der Waals surface area (Å²) in [5.74, 6) is 0.910. The van der Waals surface area contributed by atoms with E-state index in [1.54, 1.807) is 19.2 Å². The Hall–Kier alpha value is -3.34. The summed E-state index contributed by atoms with van der Waals surface area (Å²) in [6, 6.07) is 19.1. The highest BCUT2D eigenvalue weighted by molar-refractivity contribution is 5.71. The van der Waals surface area contributed by atoms with Gasteiger partial charge < -0.3 is 14.6 Å². The van der Waals surface area contributed by atoms with Gasteiger partial charge in [-0.1, -0.05) is 56.5 Å². The molecule has 39 heavy (non-hydrogen) atoms. The second kappa shape index (κ2) is 11.8. The number of hydrogen-bond acceptors (Lipinski definition) is 3. The lowest BCUT2D eigenvalue weighted by atomic mass is 9.76. The third-order valence-electron chi connectivity index (χ3n) is 8.89. The minimum atomic E-state index is -0.749. The molecule has 206 valence electrons. The maximum atomic E-state index is 15.1. The van der Waals surface area contributed by atoms with Gasteiger partial charge in [0.25, 0.3) is 0 Å². The molecule has 3 aromatic rings. The first-order chi connectivity index (χ1) is 18.9. The van der Waals surface area contributed by atoms with Crippen molar-refractivity contribution < 1.29 is 23.8 Å². The van der Waals surface area contributed by atoms with Crippen LogP contribution in [0.25, 0.3) is 11.1 Å². The van der Waals surface area contributed by atoms with Crippen LogP contribution in [-0.4, -0.2) is 18.2 Å². The first-order valence-electron chi connectivity index (χ1n) is 14.3. The second-order valence-electron chi connectivity index (χ2n) is 11.5. The monoisotopic (exact) mass is 530 g/mol. The molecule has 0 radical (unpaired) electrons. The topological polar surface area (TPSA) is 55.8 Å². The summed E-state index contributed by atoms with van der Waals surface area (Å²) >= 11 is 0. The first-order valence-corrected chi connectivity index (χ1v) is 14.3. The molecule has 0 saturated heterocycles. The number of carbonyl (C=O) groups is 1. The summed E-state index contributed by atoms with van der Waals surface area (Å²) in [5.41, 5.74) is 4.88. The number of ether oxygens (including phenoxy) is 2. The SMILES string of the molecule is CCC1(Cc2cc(OCc3cccc(C(CC(=O)O)C4CC4)c3)ccc2-c2cc(OC)ccc2F)CCCC1. The summed E-state index contributed by atoms with van der Waals surface area (Å²) < 4.78 is 26.7. The molecule has 2 aliphatic rings. The zero-order valence-corrected chi connectivity index (χ0v) is 23.0. The van der Waals surface area contributed by atoms with Crippen LogP contribution in [0.2, 0.25) is 0 Å². The molecule has 5 heteroatoms. The molecule has 0 bridgehead atoms. The van der Waals surface area contributed by atoms with E-state index in [-0.39, 0.29) is 23.6 Å². The molecule has 0 amide bonds. The van der Waals surface area contributed by atoms with E-state index in [0.717, 1.165) is 53.7 Å². The Morgan fingerprint density at radius 3 is 2.49 bits per heavy atom. The molecule has 4 nitrogen and oxygen atoms in total. The predicted octanol–water partition coefficient (Wildman–Crippen LogP) is 8.56. The Bertz CT molecular complexity index is 1310. The smallest absolute Gasteiger partial charge is 0.303 e. The minimum absolute atomic E-state index is 0.0581. The van der Waals surface area contributed by atoms with Gasteiger partial charge in [-0.05, 0) is 102 Å². The largest absolute Gasteiger partial charge is 0.497 e. The Kier molecular flexibility index (Phi) is 8.25. The Labute approximate surface area is 231 Å². The summed E-state index contributed by atoms with van der Waals surface area (Å²) in [6.07, 6.45) is 9.23. The molecule has 0 aliphatic heterocycles. The zero-order valence-electron chi connectivity index (χ0n) is 23.0. The molecule has 1 N–H and O–H groups in total. The van der Waals surface area contributed by atoms with Crippen LogP contribution in [-0.2, 0) is 17.8 Å². The fourth-order valence-electron chi connectivity index (χ4n) is 6.41. The molecule has 0 aromatic heterocycles. The Morgan fingerprint density at radius 2 is 1.79 bits per heavy atom. The van der Waals surface area contributed by atoms with Crippen molar-refractivity contribution in [1.82, 2.24) is 0 Å². The molecule has 1 unspecified atom stereocenters. The molecule has 0 heterocycles. The van der Waals surface area contributed by atoms with Crippen molar-refractivity contribution in [2.75, 3.05) is 7.11 Å². The number of hydrogen-bond donors (Lipinski definition) is 1. The fraction of sp³-hybridized carbons (Fsp3) is 0.441. The maximum Gasteiger partial charge on any atom is 0.303 e. The van der Waals surface area contributed by atoms with Gasteiger partial charge in [0.15, 0.2) is 0 Å². The zero-order chi connectivity index (χ0) is 27.4. The highest BCUT2D eigenvalue weighted by atomic mass is 19.1. The van der Waals surface area contributed by atoms with Gasteiger partial charge in [-0.25, -0.2) is 4.39 Å². The molecule has 3 aromatic carbocycles. The summed E-state index contributed by atoms with van der Waals surface area (Å²) in [7, 11) is 1.60. The van der Waals surface area contributed by atoms with Gasteiger partial charge in [0.1, 0.15) is 23.9 Å². The van der Waals surface area contributed by atoms with E-state index in [4.69, 9.17) is 9.47 Å². The normalized spacial score (nSPS) is 17.1. The molecule has 1 atom stereocenters. The number of benzene rings is 3. The van der Waals surface area contributed by atoms with Gasteiger partial charge in [-0.2, -0.15) is 0 Å². The van der Waals surface area contributed by atoms with Crippen molar-refractivity contribution >= 4 is 5.97 Å². The minimum Gasteiger partial charge on any atom is -0.497 e. The van der Waals surface area contributed by atoms with Crippen LogP contribution in [0.4, 0.5) is 4.39 Å². The van der Waals surface area contributed by atoms with E-state index in [1.165, 1.54) is 31.7 Å². The summed E-state index contributed by atoms with van der Waals surface area (Å²) in [5, 5.41) is 9.40. The van der Waals surface area contributed by atoms with Crippen molar-refractivity contribution in [2.24, 2.45) is 11.3 Å². The van der Waals surface area contributed by atoms with Crippen molar-refractivity contribution in [2.45, 2.75) is 77.2 Å². The van der Waals surface area contributed by atoms with Gasteiger partial charge in [0.2, 0.25) is 0 Å². The highest BCUT2D eigenvalue weighted by Crippen LogP contribution is 2.46. The highest BCUT2D eigenvalue weighted by Gasteiger charge is 2.34. The third-order valence-corrected chi connectivity index (χ3v) is 8.89. The number of rotatable bonds is 12. The van der Waals surface area contributed by atoms with E-state index in [0.29, 0.717) is 23.8 Å². The van der Waals surface area contributed by atoms with Crippen LogP contribution in [0.15, 0.2) is 60.7 Å². The van der Waals surface area contributed by atoms with Crippen LogP contribution in [0, 0.1) is 17.2 Å². The first kappa shape index (κ1) is 27.2. The van der Waals surface area contributed by atoms with Crippen LogP contribution in [0.5, 0.6) is 11.5 Å². The van der Waals surface area contributed by atoms with Crippen LogP contribution < -0.4 is 9.47 Å². The van der Waals surface area contributed by atoms with Crippen molar-refractivity contribution in [1.29, 1.82) is 0 Å². The van der Waals surface area contributed by atoms with Crippen molar-refractivity contribution in [3.05, 3.63) is 83.2 Å². The average Bonchev–Trinajstić information content (AvgIpc) is 3.69. The summed E-state index contributed by atoms with van der Waals surface area (Å²) in [4.78, 5) is 11.4. The van der Waals surface area contributed by atoms with E-state index >= 15 is 4.39 Å². The quantitative estimate of drug-likeness (QED) is 0.255. The van der Waals surface area contributed by atoms with Crippen molar-refractivity contribution in [3.8, 4) is 22.6 Å². The van der Waals surface area contributed by atoms with Crippen LogP contribution >= 0.6 is 0 Å². The lowest BCUT2D eigenvalue weighted by Crippen LogP contribution is -2.19. The van der Waals surface area contributed by atoms with E-state index in [2.05, 4.69) is 19.1 Å². The fourth-order valence-corrected chi connectivity index (χ4v) is 6.41. The summed E-state index contributed by atoms with van der Waals surface area (Å²) in [6.45, 7) is 2.66. The molecular formula is C34H39FO4. The number of methoxy groups -OCH3 is 1. The Balaban J connectivity index is 1.41. The van der Waals surface area contributed by atoms with Gasteiger partial charge in [0, 0.05) is 5.56 Å². The number of carboxylic acid groups (broad SMARTS) is 1. The molecule has 2 aliphatic carbocycles. The van der Waals surface area contributed by atoms with Gasteiger partial charge in [-0.3, -0.25) is 4.79 Å². The van der Waals surface area contributed by atoms with Crippen LogP contribution in [0.3, 0.4) is 0 Å². The number of halogens is 1. The lowest BCUT2D eigenvalue weighted by molar-refractivity contribution is -0.137. The van der Waals surface area contributed by atoms with E-state index in [9.17, 15) is 9.90 Å². The standard InChI is InChI=1S/C34H39FO4/c1-3-34(15-4-5-16-34)21-26-18-28(11-13-29(26)31-19-27(38-2)12-14-32(31)35)39-22-23-7-6-8-25(17-23)30(20-33(36)37)24-9-10-24/h6-8,11-14,17-19,24,30H,3-5,9-10,15-16,20-22H2,1-2H3,(H,36,37). The molecule has 0 spiro atoms. The van der Waals surface area contributed by atoms with E-state index in [1.807, 2.05) is 30.3 Å². The lowest BCUT2D eigenvalue weighted by Gasteiger charge is -2.29. The second-order valence-corrected chi connectivity index (χ2v) is 11.5. The van der Waals surface area contributed by atoms with Crippen molar-refractivity contribution in [3.63, 3.8) is 0 Å². The number of carboxylic acids is 1. The Morgan fingerprint density at radius 1 is 1.03 bits per heavy atom. The third kappa shape index (κ3) is 6.46. The number of aliphatic carboxylic acids is 1. The van der Waals surface area contributed by atoms with Crippen LogP contribution in [0.1, 0.15) is 80.9 Å². The molecule has 2 fully saturated rings. The molecule has 2 saturated carbocycles. The predicted molar refractivity (Wildman–Crippen MR) is 152 cm³/mol. The molecular weight excluding hydrogens is 491 g/mol. The van der Waals surface area contributed by atoms with Gasteiger partial charge in [-0.15, -0.1) is 0 Å².